The zero-order valence-corrected chi connectivity index (χ0v) is 14.8. The van der Waals surface area contributed by atoms with Gasteiger partial charge in [0.2, 0.25) is 0 Å². The van der Waals surface area contributed by atoms with Crippen molar-refractivity contribution in [2.75, 3.05) is 25.4 Å². The quantitative estimate of drug-likeness (QED) is 0.925. The van der Waals surface area contributed by atoms with E-state index in [4.69, 9.17) is 5.11 Å². The second-order valence-electron chi connectivity index (χ2n) is 6.90. The molecule has 0 radical (unpaired) electrons. The second kappa shape index (κ2) is 6.93. The Labute approximate surface area is 138 Å². The van der Waals surface area contributed by atoms with Gasteiger partial charge in [0.15, 0.2) is 0 Å². The van der Waals surface area contributed by atoms with Gasteiger partial charge in [0.1, 0.15) is 0 Å². The van der Waals surface area contributed by atoms with Crippen LogP contribution >= 0.6 is 11.8 Å². The molecule has 0 unspecified atom stereocenters. The molecular formula is C17H29N3OS. The van der Waals surface area contributed by atoms with Crippen LogP contribution in [0.3, 0.4) is 0 Å². The lowest BCUT2D eigenvalue weighted by Gasteiger charge is -2.44. The molecule has 124 valence electrons. The Morgan fingerprint density at radius 2 is 2.00 bits per heavy atom. The number of aliphatic hydroxyl groups is 1. The number of aryl methyl sites for hydroxylation is 1. The number of nitrogens with zero attached hydrogens (tertiary/aromatic N) is 3. The summed E-state index contributed by atoms with van der Waals surface area (Å²) >= 11 is 2.23. The number of thioether (sulfide) groups is 1. The lowest BCUT2D eigenvalue weighted by atomic mass is 9.87. The summed E-state index contributed by atoms with van der Waals surface area (Å²) in [5.74, 6) is 1.27. The molecule has 1 spiro atoms. The SMILES string of the molecule is Cc1nn(CCO)c(C)c1CN1CCSC2(CCCCC2)C1. The van der Waals surface area contributed by atoms with Gasteiger partial charge >= 0.3 is 0 Å². The van der Waals surface area contributed by atoms with Crippen molar-refractivity contribution in [3.63, 3.8) is 0 Å². The molecule has 2 heterocycles. The number of aromatic nitrogens is 2. The van der Waals surface area contributed by atoms with Gasteiger partial charge in [-0.3, -0.25) is 9.58 Å². The van der Waals surface area contributed by atoms with Crippen molar-refractivity contribution in [1.82, 2.24) is 14.7 Å². The summed E-state index contributed by atoms with van der Waals surface area (Å²) in [6.45, 7) is 8.45. The minimum Gasteiger partial charge on any atom is -0.394 e. The number of hydrogen-bond acceptors (Lipinski definition) is 4. The standard InChI is InChI=1S/C17H29N3OS/c1-14-16(15(2)20(18-14)8-10-21)12-19-9-11-22-17(13-19)6-4-3-5-7-17/h21H,3-13H2,1-2H3. The van der Waals surface area contributed by atoms with E-state index in [9.17, 15) is 0 Å². The fourth-order valence-corrected chi connectivity index (χ4v) is 5.69. The Balaban J connectivity index is 1.70. The van der Waals surface area contributed by atoms with E-state index >= 15 is 0 Å². The highest BCUT2D eigenvalue weighted by atomic mass is 32.2. The molecule has 1 saturated heterocycles. The van der Waals surface area contributed by atoms with E-state index in [1.54, 1.807) is 0 Å². The smallest absolute Gasteiger partial charge is 0.0644 e. The van der Waals surface area contributed by atoms with E-state index < -0.39 is 0 Å². The molecule has 0 atom stereocenters. The summed E-state index contributed by atoms with van der Waals surface area (Å²) < 4.78 is 2.49. The van der Waals surface area contributed by atoms with E-state index in [2.05, 4.69) is 35.6 Å². The molecule has 5 heteroatoms. The summed E-state index contributed by atoms with van der Waals surface area (Å²) in [5.41, 5.74) is 3.72. The molecule has 2 fully saturated rings. The largest absolute Gasteiger partial charge is 0.394 e. The van der Waals surface area contributed by atoms with Gasteiger partial charge in [-0.05, 0) is 26.7 Å². The topological polar surface area (TPSA) is 41.3 Å². The van der Waals surface area contributed by atoms with Gasteiger partial charge in [0.25, 0.3) is 0 Å². The molecule has 0 aromatic carbocycles. The van der Waals surface area contributed by atoms with Crippen molar-refractivity contribution >= 4 is 11.8 Å². The molecule has 1 aromatic rings. The van der Waals surface area contributed by atoms with Crippen molar-refractivity contribution in [3.8, 4) is 0 Å². The highest BCUT2D eigenvalue weighted by Crippen LogP contribution is 2.43. The second-order valence-corrected chi connectivity index (χ2v) is 8.46. The van der Waals surface area contributed by atoms with Crippen LogP contribution in [0.1, 0.15) is 49.1 Å². The molecule has 3 rings (SSSR count). The average Bonchev–Trinajstić information content (AvgIpc) is 2.76. The number of rotatable bonds is 4. The van der Waals surface area contributed by atoms with Crippen LogP contribution in [-0.4, -0.2) is 50.0 Å². The third-order valence-corrected chi connectivity index (χ3v) is 6.85. The van der Waals surface area contributed by atoms with Crippen LogP contribution in [0.15, 0.2) is 0 Å². The predicted molar refractivity (Wildman–Crippen MR) is 92.3 cm³/mol. The third kappa shape index (κ3) is 3.36. The molecular weight excluding hydrogens is 294 g/mol. The first-order chi connectivity index (χ1) is 10.6. The molecule has 0 amide bonds. The molecule has 1 aliphatic carbocycles. The van der Waals surface area contributed by atoms with Gasteiger partial charge in [-0.2, -0.15) is 16.9 Å². The first kappa shape index (κ1) is 16.3. The highest BCUT2D eigenvalue weighted by molar-refractivity contribution is 8.00. The molecule has 1 aromatic heterocycles. The zero-order valence-electron chi connectivity index (χ0n) is 14.0. The first-order valence-electron chi connectivity index (χ1n) is 8.64. The van der Waals surface area contributed by atoms with E-state index in [-0.39, 0.29) is 6.61 Å². The summed E-state index contributed by atoms with van der Waals surface area (Å²) in [6.07, 6.45) is 7.04. The van der Waals surface area contributed by atoms with Crippen LogP contribution in [-0.2, 0) is 13.1 Å². The monoisotopic (exact) mass is 323 g/mol. The Morgan fingerprint density at radius 3 is 2.73 bits per heavy atom. The molecule has 1 aliphatic heterocycles. The van der Waals surface area contributed by atoms with Crippen molar-refractivity contribution in [2.45, 2.75) is 63.8 Å². The molecule has 2 aliphatic rings. The van der Waals surface area contributed by atoms with Crippen LogP contribution in [0.4, 0.5) is 0 Å². The summed E-state index contributed by atoms with van der Waals surface area (Å²) in [5, 5.41) is 13.8. The average molecular weight is 324 g/mol. The Morgan fingerprint density at radius 1 is 1.23 bits per heavy atom. The number of aliphatic hydroxyl groups excluding tert-OH is 1. The number of hydrogen-bond donors (Lipinski definition) is 1. The first-order valence-corrected chi connectivity index (χ1v) is 9.62. The van der Waals surface area contributed by atoms with Crippen molar-refractivity contribution in [3.05, 3.63) is 17.0 Å². The molecule has 1 N–H and O–H groups in total. The molecule has 4 nitrogen and oxygen atoms in total. The summed E-state index contributed by atoms with van der Waals surface area (Å²) in [6, 6.07) is 0. The van der Waals surface area contributed by atoms with Gasteiger partial charge in [-0.25, -0.2) is 0 Å². The van der Waals surface area contributed by atoms with Gasteiger partial charge in [-0.15, -0.1) is 0 Å². The normalized spacial score (nSPS) is 22.3. The maximum Gasteiger partial charge on any atom is 0.0644 e. The van der Waals surface area contributed by atoms with Gasteiger partial charge in [0, 0.05) is 41.4 Å². The van der Waals surface area contributed by atoms with Gasteiger partial charge < -0.3 is 5.11 Å². The Kier molecular flexibility index (Phi) is 5.15. The molecule has 22 heavy (non-hydrogen) atoms. The minimum atomic E-state index is 0.158. The van der Waals surface area contributed by atoms with Crippen molar-refractivity contribution in [2.24, 2.45) is 0 Å². The maximum absolute atomic E-state index is 9.16. The Hall–Kier alpha value is -0.520. The maximum atomic E-state index is 9.16. The zero-order chi connectivity index (χ0) is 15.6. The highest BCUT2D eigenvalue weighted by Gasteiger charge is 2.37. The fraction of sp³-hybridized carbons (Fsp3) is 0.824. The lowest BCUT2D eigenvalue weighted by molar-refractivity contribution is 0.212. The predicted octanol–water partition coefficient (Wildman–Crippen LogP) is 2.74. The van der Waals surface area contributed by atoms with Gasteiger partial charge in [0.05, 0.1) is 18.8 Å². The Bertz CT molecular complexity index is 503. The minimum absolute atomic E-state index is 0.158. The molecule has 0 bridgehead atoms. The van der Waals surface area contributed by atoms with Crippen LogP contribution in [0.2, 0.25) is 0 Å². The van der Waals surface area contributed by atoms with E-state index in [0.717, 1.165) is 12.2 Å². The fourth-order valence-electron chi connectivity index (χ4n) is 4.06. The summed E-state index contributed by atoms with van der Waals surface area (Å²) in [7, 11) is 0. The van der Waals surface area contributed by atoms with E-state index in [1.807, 2.05) is 4.68 Å². The van der Waals surface area contributed by atoms with Crippen LogP contribution in [0.25, 0.3) is 0 Å². The lowest BCUT2D eigenvalue weighted by Crippen LogP contribution is -2.47. The van der Waals surface area contributed by atoms with E-state index in [1.165, 1.54) is 62.2 Å². The van der Waals surface area contributed by atoms with Crippen LogP contribution < -0.4 is 0 Å². The van der Waals surface area contributed by atoms with Crippen molar-refractivity contribution < 1.29 is 5.11 Å². The van der Waals surface area contributed by atoms with Crippen molar-refractivity contribution in [1.29, 1.82) is 0 Å². The van der Waals surface area contributed by atoms with Crippen LogP contribution in [0, 0.1) is 13.8 Å². The van der Waals surface area contributed by atoms with Gasteiger partial charge in [-0.1, -0.05) is 19.3 Å². The van der Waals surface area contributed by atoms with Crippen LogP contribution in [0.5, 0.6) is 0 Å². The third-order valence-electron chi connectivity index (χ3n) is 5.32. The summed E-state index contributed by atoms with van der Waals surface area (Å²) in [4.78, 5) is 2.64. The van der Waals surface area contributed by atoms with E-state index in [0.29, 0.717) is 11.3 Å². The molecule has 1 saturated carbocycles.